The van der Waals surface area contributed by atoms with Crippen molar-refractivity contribution >= 4 is 16.1 Å². The molecule has 31 heavy (non-hydrogen) atoms. The number of rotatable bonds is 7. The van der Waals surface area contributed by atoms with Gasteiger partial charge in [-0.1, -0.05) is 42.5 Å². The van der Waals surface area contributed by atoms with Crippen LogP contribution in [0.2, 0.25) is 0 Å². The largest absolute Gasteiger partial charge is 0.336 e. The first-order valence-corrected chi connectivity index (χ1v) is 11.7. The molecule has 0 saturated carbocycles. The van der Waals surface area contributed by atoms with E-state index in [0.717, 1.165) is 12.6 Å². The monoisotopic (exact) mass is 448 g/mol. The summed E-state index contributed by atoms with van der Waals surface area (Å²) in [6.07, 6.45) is 0. The fourth-order valence-corrected chi connectivity index (χ4v) is 4.94. The van der Waals surface area contributed by atoms with Gasteiger partial charge in [0.1, 0.15) is 10.7 Å². The molecule has 7 nitrogen and oxygen atoms in total. The zero-order valence-electron chi connectivity index (χ0n) is 17.9. The van der Waals surface area contributed by atoms with Gasteiger partial charge in [-0.25, -0.2) is 17.6 Å². The Labute approximate surface area is 183 Å². The molecule has 0 bridgehead atoms. The van der Waals surface area contributed by atoms with Crippen LogP contribution in [-0.4, -0.2) is 74.4 Å². The number of nitrogens with zero attached hydrogens (tertiary/aromatic N) is 3. The minimum Gasteiger partial charge on any atom is -0.336 e. The van der Waals surface area contributed by atoms with E-state index in [9.17, 15) is 17.6 Å². The summed E-state index contributed by atoms with van der Waals surface area (Å²) >= 11 is 0. The highest BCUT2D eigenvalue weighted by Crippen LogP contribution is 2.20. The maximum atomic E-state index is 13.9. The number of hydrogen-bond donors (Lipinski definition) is 1. The van der Waals surface area contributed by atoms with Crippen LogP contribution < -0.4 is 5.32 Å². The molecule has 0 aromatic heterocycles. The number of carbonyl (C=O) groups excluding carboxylic acids is 1. The third kappa shape index (κ3) is 5.81. The van der Waals surface area contributed by atoms with Crippen LogP contribution in [0.4, 0.5) is 9.18 Å². The summed E-state index contributed by atoms with van der Waals surface area (Å²) in [6.45, 7) is 4.09. The summed E-state index contributed by atoms with van der Waals surface area (Å²) in [4.78, 5) is 16.0. The van der Waals surface area contributed by atoms with Crippen molar-refractivity contribution in [3.63, 3.8) is 0 Å². The predicted octanol–water partition coefficient (Wildman–Crippen LogP) is 2.36. The minimum atomic E-state index is -3.92. The van der Waals surface area contributed by atoms with Crippen molar-refractivity contribution in [1.82, 2.24) is 19.4 Å². The smallest absolute Gasteiger partial charge is 0.317 e. The number of halogens is 1. The van der Waals surface area contributed by atoms with Gasteiger partial charge < -0.3 is 10.2 Å². The summed E-state index contributed by atoms with van der Waals surface area (Å²) in [7, 11) is -1.91. The van der Waals surface area contributed by atoms with E-state index in [1.165, 1.54) is 28.1 Å². The van der Waals surface area contributed by atoms with E-state index in [2.05, 4.69) is 22.3 Å². The van der Waals surface area contributed by atoms with Crippen molar-refractivity contribution in [3.05, 3.63) is 66.0 Å². The number of nitrogens with one attached hydrogen (secondary N) is 1. The molecular formula is C22H29FN4O3S. The molecule has 2 aromatic rings. The zero-order valence-corrected chi connectivity index (χ0v) is 18.7. The second-order valence-corrected chi connectivity index (χ2v) is 9.66. The second-order valence-electron chi connectivity index (χ2n) is 7.76. The Bertz CT molecular complexity index is 979. The molecule has 168 valence electrons. The lowest BCUT2D eigenvalue weighted by Gasteiger charge is -2.34. The summed E-state index contributed by atoms with van der Waals surface area (Å²) < 4.78 is 40.5. The Morgan fingerprint density at radius 3 is 2.32 bits per heavy atom. The summed E-state index contributed by atoms with van der Waals surface area (Å²) in [6, 6.07) is 15.4. The van der Waals surface area contributed by atoms with Gasteiger partial charge in [-0.2, -0.15) is 4.31 Å². The highest BCUT2D eigenvalue weighted by atomic mass is 32.2. The fraction of sp³-hybridized carbons (Fsp3) is 0.409. The van der Waals surface area contributed by atoms with Crippen LogP contribution in [-0.2, 0) is 16.6 Å². The van der Waals surface area contributed by atoms with Gasteiger partial charge in [-0.05, 0) is 31.7 Å². The standard InChI is InChI=1S/C22H29FN4O3S/c1-18(25(2)17-19-8-4-3-5-9-19)16-24-22(28)26-12-14-27(15-13-26)31(29,30)21-11-7-6-10-20(21)23/h3-11,18H,12-17H2,1-2H3,(H,24,28). The SMILES string of the molecule is CC(CNC(=O)N1CCN(S(=O)(=O)c2ccccc2F)CC1)N(C)Cc1ccccc1. The van der Waals surface area contributed by atoms with Gasteiger partial charge in [0.15, 0.2) is 0 Å². The van der Waals surface area contributed by atoms with E-state index >= 15 is 0 Å². The summed E-state index contributed by atoms with van der Waals surface area (Å²) in [5.74, 6) is -0.767. The highest BCUT2D eigenvalue weighted by Gasteiger charge is 2.31. The van der Waals surface area contributed by atoms with Crippen LogP contribution in [0.5, 0.6) is 0 Å². The molecule has 0 aliphatic carbocycles. The Morgan fingerprint density at radius 1 is 1.06 bits per heavy atom. The molecule has 3 rings (SSSR count). The van der Waals surface area contributed by atoms with Crippen molar-refractivity contribution in [2.45, 2.75) is 24.4 Å². The van der Waals surface area contributed by atoms with Gasteiger partial charge in [-0.3, -0.25) is 4.90 Å². The molecule has 1 atom stereocenters. The van der Waals surface area contributed by atoms with Crippen LogP contribution in [0, 0.1) is 5.82 Å². The number of benzene rings is 2. The summed E-state index contributed by atoms with van der Waals surface area (Å²) in [5.41, 5.74) is 1.20. The van der Waals surface area contributed by atoms with Gasteiger partial charge in [0.05, 0.1) is 0 Å². The van der Waals surface area contributed by atoms with Crippen LogP contribution in [0.1, 0.15) is 12.5 Å². The Balaban J connectivity index is 1.47. The molecule has 2 amide bonds. The van der Waals surface area contributed by atoms with Crippen molar-refractivity contribution in [3.8, 4) is 0 Å². The molecule has 9 heteroatoms. The number of likely N-dealkylation sites (N-methyl/N-ethyl adjacent to an activating group) is 1. The number of carbonyl (C=O) groups is 1. The molecule has 1 saturated heterocycles. The van der Waals surface area contributed by atoms with Gasteiger partial charge in [0.2, 0.25) is 10.0 Å². The normalized spacial score (nSPS) is 16.3. The third-order valence-corrected chi connectivity index (χ3v) is 7.49. The molecule has 1 aliphatic heterocycles. The first kappa shape index (κ1) is 23.2. The molecular weight excluding hydrogens is 419 g/mol. The third-order valence-electron chi connectivity index (χ3n) is 5.56. The van der Waals surface area contributed by atoms with E-state index < -0.39 is 15.8 Å². The molecule has 2 aromatic carbocycles. The number of urea groups is 1. The van der Waals surface area contributed by atoms with E-state index in [0.29, 0.717) is 6.54 Å². The molecule has 1 heterocycles. The van der Waals surface area contributed by atoms with Gasteiger partial charge in [0, 0.05) is 45.3 Å². The number of piperazine rings is 1. The van der Waals surface area contributed by atoms with Crippen molar-refractivity contribution < 1.29 is 17.6 Å². The Morgan fingerprint density at radius 2 is 1.68 bits per heavy atom. The van der Waals surface area contributed by atoms with Crippen molar-refractivity contribution in [2.75, 3.05) is 39.8 Å². The molecule has 0 spiro atoms. The Hall–Kier alpha value is -2.49. The fourth-order valence-electron chi connectivity index (χ4n) is 3.45. The number of amides is 2. The lowest BCUT2D eigenvalue weighted by molar-refractivity contribution is 0.167. The quantitative estimate of drug-likeness (QED) is 0.706. The van der Waals surface area contributed by atoms with Crippen LogP contribution in [0.25, 0.3) is 0 Å². The van der Waals surface area contributed by atoms with E-state index in [1.54, 1.807) is 4.90 Å². The maximum absolute atomic E-state index is 13.9. The van der Waals surface area contributed by atoms with Crippen LogP contribution in [0.15, 0.2) is 59.5 Å². The highest BCUT2D eigenvalue weighted by molar-refractivity contribution is 7.89. The second kappa shape index (κ2) is 10.2. The lowest BCUT2D eigenvalue weighted by atomic mass is 10.2. The number of sulfonamides is 1. The molecule has 0 radical (unpaired) electrons. The number of hydrogen-bond acceptors (Lipinski definition) is 4. The minimum absolute atomic E-state index is 0.131. The van der Waals surface area contributed by atoms with E-state index in [1.807, 2.05) is 32.2 Å². The zero-order chi connectivity index (χ0) is 22.4. The van der Waals surface area contributed by atoms with Gasteiger partial charge in [-0.15, -0.1) is 0 Å². The first-order chi connectivity index (χ1) is 14.8. The van der Waals surface area contributed by atoms with Crippen molar-refractivity contribution in [2.24, 2.45) is 0 Å². The maximum Gasteiger partial charge on any atom is 0.317 e. The van der Waals surface area contributed by atoms with Gasteiger partial charge in [0.25, 0.3) is 0 Å². The van der Waals surface area contributed by atoms with Crippen LogP contribution >= 0.6 is 0 Å². The average Bonchev–Trinajstić information content (AvgIpc) is 2.78. The lowest BCUT2D eigenvalue weighted by Crippen LogP contribution is -2.54. The summed E-state index contributed by atoms with van der Waals surface area (Å²) in [5, 5.41) is 2.93. The van der Waals surface area contributed by atoms with E-state index in [-0.39, 0.29) is 43.1 Å². The topological polar surface area (TPSA) is 73.0 Å². The van der Waals surface area contributed by atoms with Gasteiger partial charge >= 0.3 is 6.03 Å². The van der Waals surface area contributed by atoms with Crippen LogP contribution in [0.3, 0.4) is 0 Å². The molecule has 1 aliphatic rings. The van der Waals surface area contributed by atoms with E-state index in [4.69, 9.17) is 0 Å². The molecule has 1 fully saturated rings. The molecule has 1 N–H and O–H groups in total. The van der Waals surface area contributed by atoms with Crippen molar-refractivity contribution in [1.29, 1.82) is 0 Å². The predicted molar refractivity (Wildman–Crippen MR) is 118 cm³/mol. The first-order valence-electron chi connectivity index (χ1n) is 10.3. The average molecular weight is 449 g/mol. The Kier molecular flexibility index (Phi) is 7.64. The molecule has 1 unspecified atom stereocenters.